The lowest BCUT2D eigenvalue weighted by Gasteiger charge is -2.09. The fraction of sp³-hybridized carbons (Fsp3) is 0.286. The molecule has 0 saturated carbocycles. The van der Waals surface area contributed by atoms with E-state index in [4.69, 9.17) is 4.74 Å². The lowest BCUT2D eigenvalue weighted by Crippen LogP contribution is -2.32. The Morgan fingerprint density at radius 3 is 2.63 bits per heavy atom. The molecule has 0 heterocycles. The van der Waals surface area contributed by atoms with Gasteiger partial charge in [-0.3, -0.25) is 0 Å². The molecule has 0 aliphatic heterocycles. The Bertz CT molecular complexity index is 483. The summed E-state index contributed by atoms with van der Waals surface area (Å²) in [6, 6.07) is 7.13. The van der Waals surface area contributed by atoms with Crippen molar-refractivity contribution >= 4 is 17.7 Å². The van der Waals surface area contributed by atoms with Crippen LogP contribution in [0, 0.1) is 6.92 Å². The normalized spacial score (nSPS) is 9.58. The van der Waals surface area contributed by atoms with Crippen LogP contribution in [0.5, 0.6) is 0 Å². The molecular weight excluding hydrogens is 244 g/mol. The Morgan fingerprint density at radius 1 is 1.32 bits per heavy atom. The molecule has 102 valence electrons. The van der Waals surface area contributed by atoms with Crippen LogP contribution in [-0.2, 0) is 9.53 Å². The molecule has 2 amide bonds. The molecule has 0 aliphatic rings. The summed E-state index contributed by atoms with van der Waals surface area (Å²) in [6.07, 6.45) is 0. The van der Waals surface area contributed by atoms with Gasteiger partial charge in [0.05, 0.1) is 6.54 Å². The average Bonchev–Trinajstić information content (AvgIpc) is 2.37. The van der Waals surface area contributed by atoms with E-state index in [0.717, 1.165) is 11.3 Å². The zero-order valence-electron chi connectivity index (χ0n) is 11.2. The maximum absolute atomic E-state index is 11.6. The van der Waals surface area contributed by atoms with Crippen molar-refractivity contribution in [1.29, 1.82) is 0 Å². The lowest BCUT2D eigenvalue weighted by atomic mass is 10.2. The van der Waals surface area contributed by atoms with Crippen LogP contribution in [0.2, 0.25) is 0 Å². The standard InChI is InChI=1S/C14H18N2O3/c1-10(2)13(17)19-9-8-15-14(18)16-12-7-5-4-6-11(12)3/h4-7H,1,8-9H2,2-3H3,(H2,15,16,18). The number of aryl methyl sites for hydroxylation is 1. The molecule has 1 aromatic rings. The lowest BCUT2D eigenvalue weighted by molar-refractivity contribution is -0.138. The van der Waals surface area contributed by atoms with E-state index in [1.807, 2.05) is 31.2 Å². The summed E-state index contributed by atoms with van der Waals surface area (Å²) in [7, 11) is 0. The first kappa shape index (κ1) is 14.8. The number of benzene rings is 1. The highest BCUT2D eigenvalue weighted by Crippen LogP contribution is 2.12. The zero-order valence-corrected chi connectivity index (χ0v) is 11.2. The minimum Gasteiger partial charge on any atom is -0.460 e. The molecule has 1 aromatic carbocycles. The van der Waals surface area contributed by atoms with E-state index < -0.39 is 5.97 Å². The molecule has 0 radical (unpaired) electrons. The van der Waals surface area contributed by atoms with Crippen LogP contribution in [-0.4, -0.2) is 25.2 Å². The van der Waals surface area contributed by atoms with Crippen LogP contribution >= 0.6 is 0 Å². The molecule has 5 nitrogen and oxygen atoms in total. The van der Waals surface area contributed by atoms with Gasteiger partial charge in [0.25, 0.3) is 0 Å². The highest BCUT2D eigenvalue weighted by atomic mass is 16.5. The maximum Gasteiger partial charge on any atom is 0.333 e. The summed E-state index contributed by atoms with van der Waals surface area (Å²) in [5, 5.41) is 5.31. The maximum atomic E-state index is 11.6. The van der Waals surface area contributed by atoms with Crippen LogP contribution in [0.3, 0.4) is 0 Å². The van der Waals surface area contributed by atoms with E-state index in [1.54, 1.807) is 6.92 Å². The second kappa shape index (κ2) is 7.20. The number of nitrogens with one attached hydrogen (secondary N) is 2. The number of esters is 1. The van der Waals surface area contributed by atoms with Crippen molar-refractivity contribution in [2.24, 2.45) is 0 Å². The van der Waals surface area contributed by atoms with Crippen LogP contribution in [0.4, 0.5) is 10.5 Å². The van der Waals surface area contributed by atoms with Crippen molar-refractivity contribution in [3.63, 3.8) is 0 Å². The number of para-hydroxylation sites is 1. The first-order valence-corrected chi connectivity index (χ1v) is 5.94. The van der Waals surface area contributed by atoms with Gasteiger partial charge in [0.1, 0.15) is 6.61 Å². The summed E-state index contributed by atoms with van der Waals surface area (Å²) in [5.74, 6) is -0.457. The highest BCUT2D eigenvalue weighted by Gasteiger charge is 2.05. The molecule has 5 heteroatoms. The van der Waals surface area contributed by atoms with Crippen molar-refractivity contribution in [1.82, 2.24) is 5.32 Å². The van der Waals surface area contributed by atoms with Gasteiger partial charge < -0.3 is 15.4 Å². The molecule has 0 saturated heterocycles. The third kappa shape index (κ3) is 5.25. The number of amides is 2. The molecule has 19 heavy (non-hydrogen) atoms. The molecule has 0 fully saturated rings. The van der Waals surface area contributed by atoms with Crippen LogP contribution in [0.25, 0.3) is 0 Å². The highest BCUT2D eigenvalue weighted by molar-refractivity contribution is 5.90. The molecule has 0 aliphatic carbocycles. The van der Waals surface area contributed by atoms with Crippen molar-refractivity contribution in [2.45, 2.75) is 13.8 Å². The van der Waals surface area contributed by atoms with E-state index in [2.05, 4.69) is 17.2 Å². The Labute approximate surface area is 112 Å². The summed E-state index contributed by atoms with van der Waals surface area (Å²) < 4.78 is 4.85. The van der Waals surface area contributed by atoms with Gasteiger partial charge in [-0.1, -0.05) is 24.8 Å². The largest absolute Gasteiger partial charge is 0.460 e. The number of hydrogen-bond acceptors (Lipinski definition) is 3. The topological polar surface area (TPSA) is 67.4 Å². The minimum absolute atomic E-state index is 0.118. The van der Waals surface area contributed by atoms with Crippen molar-refractivity contribution < 1.29 is 14.3 Å². The number of carbonyl (C=O) groups is 2. The Hall–Kier alpha value is -2.30. The predicted molar refractivity (Wildman–Crippen MR) is 74.0 cm³/mol. The second-order valence-electron chi connectivity index (χ2n) is 4.11. The number of rotatable bonds is 5. The van der Waals surface area contributed by atoms with Crippen molar-refractivity contribution in [3.05, 3.63) is 42.0 Å². The monoisotopic (exact) mass is 262 g/mol. The quantitative estimate of drug-likeness (QED) is 0.486. The molecule has 0 atom stereocenters. The van der Waals surface area contributed by atoms with Gasteiger partial charge >= 0.3 is 12.0 Å². The summed E-state index contributed by atoms with van der Waals surface area (Å²) >= 11 is 0. The summed E-state index contributed by atoms with van der Waals surface area (Å²) in [6.45, 7) is 7.30. The Morgan fingerprint density at radius 2 is 2.00 bits per heavy atom. The van der Waals surface area contributed by atoms with Crippen LogP contribution < -0.4 is 10.6 Å². The van der Waals surface area contributed by atoms with E-state index in [1.165, 1.54) is 0 Å². The van der Waals surface area contributed by atoms with Crippen molar-refractivity contribution in [2.75, 3.05) is 18.5 Å². The number of hydrogen-bond donors (Lipinski definition) is 2. The third-order valence-electron chi connectivity index (χ3n) is 2.36. The van der Waals surface area contributed by atoms with Gasteiger partial charge in [-0.05, 0) is 25.5 Å². The second-order valence-corrected chi connectivity index (χ2v) is 4.11. The van der Waals surface area contributed by atoms with E-state index >= 15 is 0 Å². The SMILES string of the molecule is C=C(C)C(=O)OCCNC(=O)Nc1ccccc1C. The number of carbonyl (C=O) groups excluding carboxylic acids is 2. The minimum atomic E-state index is -0.457. The number of ether oxygens (including phenoxy) is 1. The smallest absolute Gasteiger partial charge is 0.333 e. The van der Waals surface area contributed by atoms with Gasteiger partial charge in [-0.15, -0.1) is 0 Å². The van der Waals surface area contributed by atoms with Gasteiger partial charge in [0.15, 0.2) is 0 Å². The predicted octanol–water partition coefficient (Wildman–Crippen LogP) is 2.24. The molecule has 0 aromatic heterocycles. The third-order valence-corrected chi connectivity index (χ3v) is 2.36. The zero-order chi connectivity index (χ0) is 14.3. The first-order valence-electron chi connectivity index (χ1n) is 5.94. The first-order chi connectivity index (χ1) is 9.00. The van der Waals surface area contributed by atoms with E-state index in [0.29, 0.717) is 5.57 Å². The molecule has 0 spiro atoms. The Balaban J connectivity index is 2.27. The van der Waals surface area contributed by atoms with Gasteiger partial charge in [-0.2, -0.15) is 0 Å². The summed E-state index contributed by atoms with van der Waals surface area (Å²) in [5.41, 5.74) is 2.06. The van der Waals surface area contributed by atoms with Gasteiger partial charge in [-0.25, -0.2) is 9.59 Å². The Kier molecular flexibility index (Phi) is 5.60. The molecule has 1 rings (SSSR count). The molecule has 2 N–H and O–H groups in total. The van der Waals surface area contributed by atoms with Crippen LogP contribution in [0.15, 0.2) is 36.4 Å². The fourth-order valence-electron chi connectivity index (χ4n) is 1.31. The van der Waals surface area contributed by atoms with E-state index in [9.17, 15) is 9.59 Å². The van der Waals surface area contributed by atoms with E-state index in [-0.39, 0.29) is 19.2 Å². The van der Waals surface area contributed by atoms with Gasteiger partial charge in [0.2, 0.25) is 0 Å². The number of anilines is 1. The van der Waals surface area contributed by atoms with Crippen molar-refractivity contribution in [3.8, 4) is 0 Å². The van der Waals surface area contributed by atoms with Gasteiger partial charge in [0, 0.05) is 11.3 Å². The number of urea groups is 1. The van der Waals surface area contributed by atoms with Crippen LogP contribution in [0.1, 0.15) is 12.5 Å². The molecule has 0 bridgehead atoms. The fourth-order valence-corrected chi connectivity index (χ4v) is 1.31. The average molecular weight is 262 g/mol. The summed E-state index contributed by atoms with van der Waals surface area (Å²) in [4.78, 5) is 22.6. The molecule has 0 unspecified atom stereocenters. The molecular formula is C14H18N2O3.